The van der Waals surface area contributed by atoms with Crippen LogP contribution in [-0.4, -0.2) is 22.2 Å². The summed E-state index contributed by atoms with van der Waals surface area (Å²) in [4.78, 5) is 30.7. The monoisotopic (exact) mass is 241 g/mol. The second kappa shape index (κ2) is 5.30. The molecule has 0 aliphatic heterocycles. The number of hydrogen-bond donors (Lipinski definition) is 3. The van der Waals surface area contributed by atoms with E-state index in [2.05, 4.69) is 4.74 Å². The highest BCUT2D eigenvalue weighted by Gasteiger charge is 2.08. The standard InChI is InChI=1S/C8H7N3O6/c12-7(13)9-10-8(14)17-6-3-1-5(2-4-6)11(15)16/h1-4,9H,(H,10,14)(H,12,13). The zero-order valence-corrected chi connectivity index (χ0v) is 8.25. The van der Waals surface area contributed by atoms with Crippen LogP contribution >= 0.6 is 0 Å². The second-order valence-corrected chi connectivity index (χ2v) is 2.70. The Kier molecular flexibility index (Phi) is 3.81. The van der Waals surface area contributed by atoms with Crippen molar-refractivity contribution in [1.82, 2.24) is 10.9 Å². The van der Waals surface area contributed by atoms with Gasteiger partial charge in [-0.1, -0.05) is 0 Å². The quantitative estimate of drug-likeness (QED) is 0.520. The van der Waals surface area contributed by atoms with Gasteiger partial charge in [0, 0.05) is 12.1 Å². The van der Waals surface area contributed by atoms with E-state index in [4.69, 9.17) is 5.11 Å². The molecule has 0 atom stereocenters. The number of carbonyl (C=O) groups is 2. The molecule has 2 amide bonds. The lowest BCUT2D eigenvalue weighted by Crippen LogP contribution is -2.42. The topological polar surface area (TPSA) is 131 Å². The fraction of sp³-hybridized carbons (Fsp3) is 0. The molecule has 9 nitrogen and oxygen atoms in total. The van der Waals surface area contributed by atoms with Gasteiger partial charge < -0.3 is 9.84 Å². The predicted molar refractivity (Wildman–Crippen MR) is 53.4 cm³/mol. The minimum Gasteiger partial charge on any atom is -0.464 e. The van der Waals surface area contributed by atoms with Gasteiger partial charge >= 0.3 is 12.2 Å². The van der Waals surface area contributed by atoms with Crippen molar-refractivity contribution in [2.45, 2.75) is 0 Å². The van der Waals surface area contributed by atoms with Crippen LogP contribution in [0.25, 0.3) is 0 Å². The van der Waals surface area contributed by atoms with Gasteiger partial charge in [0.2, 0.25) is 0 Å². The van der Waals surface area contributed by atoms with E-state index < -0.39 is 17.1 Å². The third-order valence-corrected chi connectivity index (χ3v) is 1.53. The first-order chi connectivity index (χ1) is 7.99. The molecular weight excluding hydrogens is 234 g/mol. The van der Waals surface area contributed by atoms with Crippen molar-refractivity contribution in [2.75, 3.05) is 0 Å². The molecule has 0 aromatic heterocycles. The molecule has 1 rings (SSSR count). The second-order valence-electron chi connectivity index (χ2n) is 2.70. The van der Waals surface area contributed by atoms with E-state index in [9.17, 15) is 19.7 Å². The van der Waals surface area contributed by atoms with E-state index in [0.29, 0.717) is 0 Å². The van der Waals surface area contributed by atoms with Crippen molar-refractivity contribution >= 4 is 17.9 Å². The normalized spacial score (nSPS) is 9.18. The van der Waals surface area contributed by atoms with Crippen LogP contribution in [0, 0.1) is 10.1 Å². The van der Waals surface area contributed by atoms with E-state index in [1.807, 2.05) is 0 Å². The third kappa shape index (κ3) is 4.03. The summed E-state index contributed by atoms with van der Waals surface area (Å²) in [6.45, 7) is 0. The summed E-state index contributed by atoms with van der Waals surface area (Å²) in [5, 5.41) is 18.5. The molecule has 9 heteroatoms. The van der Waals surface area contributed by atoms with Crippen LogP contribution in [0.3, 0.4) is 0 Å². The van der Waals surface area contributed by atoms with Gasteiger partial charge in [-0.15, -0.1) is 0 Å². The van der Waals surface area contributed by atoms with Crippen LogP contribution < -0.4 is 15.6 Å². The van der Waals surface area contributed by atoms with Gasteiger partial charge in [0.25, 0.3) is 5.69 Å². The summed E-state index contributed by atoms with van der Waals surface area (Å²) in [7, 11) is 0. The number of nitro benzene ring substituents is 1. The minimum absolute atomic E-state index is 0.0419. The Balaban J connectivity index is 2.54. The number of nitrogens with one attached hydrogen (secondary N) is 2. The molecule has 0 saturated carbocycles. The van der Waals surface area contributed by atoms with Gasteiger partial charge in [-0.25, -0.2) is 20.4 Å². The van der Waals surface area contributed by atoms with Crippen LogP contribution in [0.4, 0.5) is 15.3 Å². The summed E-state index contributed by atoms with van der Waals surface area (Å²) >= 11 is 0. The smallest absolute Gasteiger partial charge is 0.431 e. The molecule has 1 aromatic rings. The summed E-state index contributed by atoms with van der Waals surface area (Å²) in [5.41, 5.74) is 3.15. The number of non-ortho nitro benzene ring substituents is 1. The summed E-state index contributed by atoms with van der Waals surface area (Å²) in [5.74, 6) is 0.0419. The zero-order chi connectivity index (χ0) is 12.8. The van der Waals surface area contributed by atoms with Crippen LogP contribution in [-0.2, 0) is 0 Å². The van der Waals surface area contributed by atoms with Gasteiger partial charge in [0.1, 0.15) is 5.75 Å². The maximum Gasteiger partial charge on any atom is 0.431 e. The Bertz CT molecular complexity index is 443. The summed E-state index contributed by atoms with van der Waals surface area (Å²) < 4.78 is 4.60. The van der Waals surface area contributed by atoms with Gasteiger partial charge in [-0.05, 0) is 12.1 Å². The van der Waals surface area contributed by atoms with Gasteiger partial charge in [-0.3, -0.25) is 10.1 Å². The van der Waals surface area contributed by atoms with Crippen LogP contribution in [0.5, 0.6) is 5.75 Å². The maximum atomic E-state index is 10.9. The van der Waals surface area contributed by atoms with E-state index in [1.165, 1.54) is 12.1 Å². The number of rotatable bonds is 2. The average Bonchev–Trinajstić information content (AvgIpc) is 2.27. The maximum absolute atomic E-state index is 10.9. The number of carboxylic acid groups (broad SMARTS) is 1. The molecule has 0 aliphatic carbocycles. The van der Waals surface area contributed by atoms with Gasteiger partial charge in [-0.2, -0.15) is 0 Å². The highest BCUT2D eigenvalue weighted by molar-refractivity contribution is 5.74. The fourth-order valence-corrected chi connectivity index (χ4v) is 0.873. The Morgan fingerprint density at radius 3 is 2.29 bits per heavy atom. The molecule has 0 heterocycles. The highest BCUT2D eigenvalue weighted by atomic mass is 16.6. The Labute approximate surface area is 94.1 Å². The Morgan fingerprint density at radius 2 is 1.82 bits per heavy atom. The van der Waals surface area contributed by atoms with Crippen molar-refractivity contribution in [3.05, 3.63) is 34.4 Å². The van der Waals surface area contributed by atoms with Crippen molar-refractivity contribution in [1.29, 1.82) is 0 Å². The molecule has 90 valence electrons. The number of nitro groups is 1. The average molecular weight is 241 g/mol. The van der Waals surface area contributed by atoms with Gasteiger partial charge in [0.05, 0.1) is 4.92 Å². The summed E-state index contributed by atoms with van der Waals surface area (Å²) in [6.07, 6.45) is -2.51. The van der Waals surface area contributed by atoms with Crippen molar-refractivity contribution in [2.24, 2.45) is 0 Å². The zero-order valence-electron chi connectivity index (χ0n) is 8.25. The van der Waals surface area contributed by atoms with E-state index in [1.54, 1.807) is 10.9 Å². The number of benzene rings is 1. The summed E-state index contributed by atoms with van der Waals surface area (Å²) in [6, 6.07) is 4.71. The largest absolute Gasteiger partial charge is 0.464 e. The van der Waals surface area contributed by atoms with E-state index in [-0.39, 0.29) is 11.4 Å². The number of nitrogens with zero attached hydrogens (tertiary/aromatic N) is 1. The number of hydrogen-bond acceptors (Lipinski definition) is 5. The molecule has 3 N–H and O–H groups in total. The lowest BCUT2D eigenvalue weighted by molar-refractivity contribution is -0.384. The molecule has 0 radical (unpaired) electrons. The number of ether oxygens (including phenoxy) is 1. The van der Waals surface area contributed by atoms with Crippen LogP contribution in [0.1, 0.15) is 0 Å². The molecule has 0 spiro atoms. The third-order valence-electron chi connectivity index (χ3n) is 1.53. The number of carbonyl (C=O) groups excluding carboxylic acids is 1. The van der Waals surface area contributed by atoms with Crippen molar-refractivity contribution in [3.8, 4) is 5.75 Å². The lowest BCUT2D eigenvalue weighted by atomic mass is 10.3. The molecule has 1 aromatic carbocycles. The first-order valence-corrected chi connectivity index (χ1v) is 4.20. The van der Waals surface area contributed by atoms with Gasteiger partial charge in [0.15, 0.2) is 0 Å². The Morgan fingerprint density at radius 1 is 1.24 bits per heavy atom. The Hall–Kier alpha value is -2.84. The number of amides is 2. The number of hydrazine groups is 1. The van der Waals surface area contributed by atoms with Crippen molar-refractivity contribution in [3.63, 3.8) is 0 Å². The molecule has 17 heavy (non-hydrogen) atoms. The van der Waals surface area contributed by atoms with E-state index in [0.717, 1.165) is 12.1 Å². The molecule has 0 bridgehead atoms. The molecular formula is C8H7N3O6. The molecule has 0 unspecified atom stereocenters. The fourth-order valence-electron chi connectivity index (χ4n) is 0.873. The van der Waals surface area contributed by atoms with Crippen LogP contribution in [0.2, 0.25) is 0 Å². The molecule has 0 fully saturated rings. The van der Waals surface area contributed by atoms with Crippen LogP contribution in [0.15, 0.2) is 24.3 Å². The predicted octanol–water partition coefficient (Wildman–Crippen LogP) is 0.866. The highest BCUT2D eigenvalue weighted by Crippen LogP contribution is 2.17. The first kappa shape index (κ1) is 12.2. The minimum atomic E-state index is -1.45. The SMILES string of the molecule is O=C(O)NNC(=O)Oc1ccc([N+](=O)[O-])cc1. The van der Waals surface area contributed by atoms with E-state index >= 15 is 0 Å². The molecule has 0 aliphatic rings. The molecule has 0 saturated heterocycles. The first-order valence-electron chi connectivity index (χ1n) is 4.20. The lowest BCUT2D eigenvalue weighted by Gasteiger charge is -2.05. The van der Waals surface area contributed by atoms with Crippen molar-refractivity contribution < 1.29 is 24.4 Å².